The van der Waals surface area contributed by atoms with Crippen molar-refractivity contribution in [3.05, 3.63) is 29.0 Å². The van der Waals surface area contributed by atoms with Crippen molar-refractivity contribution in [1.29, 1.82) is 0 Å². The van der Waals surface area contributed by atoms with E-state index in [0.29, 0.717) is 6.54 Å². The van der Waals surface area contributed by atoms with Gasteiger partial charge in [-0.1, -0.05) is 11.6 Å². The van der Waals surface area contributed by atoms with E-state index in [9.17, 15) is 9.50 Å². The number of nitrogens with two attached hydrogens (primary N) is 1. The Morgan fingerprint density at radius 2 is 2.29 bits per heavy atom. The molecular formula is C12H16ClFN2O. The normalized spacial score (nSPS) is 25.1. The molecule has 0 amide bonds. The highest BCUT2D eigenvalue weighted by Crippen LogP contribution is 2.27. The molecule has 0 saturated carbocycles. The Bertz CT molecular complexity index is 415. The van der Waals surface area contributed by atoms with Crippen molar-refractivity contribution in [2.24, 2.45) is 5.73 Å². The topological polar surface area (TPSA) is 49.5 Å². The highest BCUT2D eigenvalue weighted by atomic mass is 35.5. The van der Waals surface area contributed by atoms with Gasteiger partial charge in [-0.3, -0.25) is 0 Å². The number of halogens is 2. The van der Waals surface area contributed by atoms with Crippen molar-refractivity contribution in [2.45, 2.75) is 18.4 Å². The molecule has 0 spiro atoms. The third-order valence-corrected chi connectivity index (χ3v) is 3.48. The Labute approximate surface area is 105 Å². The van der Waals surface area contributed by atoms with Crippen molar-refractivity contribution in [2.75, 3.05) is 24.6 Å². The van der Waals surface area contributed by atoms with Crippen molar-refractivity contribution < 1.29 is 9.50 Å². The van der Waals surface area contributed by atoms with Gasteiger partial charge in [-0.05, 0) is 31.0 Å². The molecule has 1 unspecified atom stereocenters. The van der Waals surface area contributed by atoms with Crippen molar-refractivity contribution >= 4 is 17.3 Å². The number of aliphatic hydroxyl groups excluding tert-OH is 1. The van der Waals surface area contributed by atoms with Crippen LogP contribution in [0.1, 0.15) is 12.8 Å². The molecule has 0 bridgehead atoms. The number of aliphatic hydroxyl groups is 1. The number of benzene rings is 1. The summed E-state index contributed by atoms with van der Waals surface area (Å²) in [5, 5.41) is 9.39. The molecule has 1 saturated heterocycles. The van der Waals surface area contributed by atoms with Crippen LogP contribution in [-0.2, 0) is 0 Å². The third kappa shape index (κ3) is 2.70. The smallest absolute Gasteiger partial charge is 0.141 e. The maximum absolute atomic E-state index is 13.1. The second-order valence-electron chi connectivity index (χ2n) is 4.64. The van der Waals surface area contributed by atoms with Crippen LogP contribution in [0.25, 0.3) is 0 Å². The van der Waals surface area contributed by atoms with E-state index in [-0.39, 0.29) is 11.6 Å². The molecular weight excluding hydrogens is 243 g/mol. The summed E-state index contributed by atoms with van der Waals surface area (Å²) in [7, 11) is 0. The first kappa shape index (κ1) is 12.6. The molecule has 5 heteroatoms. The first-order valence-corrected chi connectivity index (χ1v) is 6.02. The van der Waals surface area contributed by atoms with Gasteiger partial charge < -0.3 is 15.7 Å². The first-order valence-electron chi connectivity index (χ1n) is 5.64. The average molecular weight is 259 g/mol. The highest BCUT2D eigenvalue weighted by Gasteiger charge is 2.31. The molecule has 1 fully saturated rings. The van der Waals surface area contributed by atoms with Gasteiger partial charge in [-0.25, -0.2) is 4.39 Å². The number of piperidine rings is 1. The quantitative estimate of drug-likeness (QED) is 0.850. The van der Waals surface area contributed by atoms with Crippen LogP contribution in [0, 0.1) is 5.82 Å². The molecule has 17 heavy (non-hydrogen) atoms. The van der Waals surface area contributed by atoms with Crippen LogP contribution in [0.15, 0.2) is 18.2 Å². The van der Waals surface area contributed by atoms with Gasteiger partial charge in [-0.15, -0.1) is 0 Å². The maximum atomic E-state index is 13.1. The van der Waals surface area contributed by atoms with Gasteiger partial charge in [0.05, 0.1) is 17.2 Å². The Morgan fingerprint density at radius 1 is 1.53 bits per heavy atom. The summed E-state index contributed by atoms with van der Waals surface area (Å²) in [6.45, 7) is 1.37. The number of hydrogen-bond acceptors (Lipinski definition) is 3. The molecule has 1 heterocycles. The van der Waals surface area contributed by atoms with Crippen LogP contribution in [0.4, 0.5) is 10.1 Å². The van der Waals surface area contributed by atoms with Crippen molar-refractivity contribution in [3.63, 3.8) is 0 Å². The van der Waals surface area contributed by atoms with E-state index < -0.39 is 11.4 Å². The number of hydrogen-bond donors (Lipinski definition) is 2. The minimum Gasteiger partial charge on any atom is -0.394 e. The predicted octanol–water partition coefficient (Wildman–Crippen LogP) is 1.77. The summed E-state index contributed by atoms with van der Waals surface area (Å²) in [6.07, 6.45) is 1.71. The Morgan fingerprint density at radius 3 is 2.94 bits per heavy atom. The van der Waals surface area contributed by atoms with E-state index in [1.54, 1.807) is 12.1 Å². The van der Waals surface area contributed by atoms with Crippen LogP contribution in [0.5, 0.6) is 0 Å². The molecule has 2 rings (SSSR count). The Kier molecular flexibility index (Phi) is 3.56. The molecule has 1 aliphatic heterocycles. The van der Waals surface area contributed by atoms with Gasteiger partial charge in [-0.2, -0.15) is 0 Å². The number of nitrogens with zero attached hydrogens (tertiary/aromatic N) is 1. The van der Waals surface area contributed by atoms with Crippen LogP contribution >= 0.6 is 11.6 Å². The molecule has 94 valence electrons. The molecule has 0 aliphatic carbocycles. The maximum Gasteiger partial charge on any atom is 0.141 e. The number of rotatable bonds is 2. The summed E-state index contributed by atoms with van der Waals surface area (Å²) in [5.74, 6) is -0.423. The summed E-state index contributed by atoms with van der Waals surface area (Å²) in [6, 6.07) is 4.63. The molecule has 3 N–H and O–H groups in total. The fourth-order valence-corrected chi connectivity index (χ4v) is 2.37. The van der Waals surface area contributed by atoms with E-state index in [2.05, 4.69) is 0 Å². The van der Waals surface area contributed by atoms with E-state index in [1.807, 2.05) is 4.90 Å². The molecule has 0 aromatic heterocycles. The van der Waals surface area contributed by atoms with Crippen molar-refractivity contribution in [1.82, 2.24) is 0 Å². The van der Waals surface area contributed by atoms with E-state index in [4.69, 9.17) is 17.3 Å². The number of anilines is 1. The Hall–Kier alpha value is -0.840. The average Bonchev–Trinajstić information content (AvgIpc) is 2.33. The summed E-state index contributed by atoms with van der Waals surface area (Å²) >= 11 is 5.76. The monoisotopic (exact) mass is 258 g/mol. The van der Waals surface area contributed by atoms with Crippen LogP contribution < -0.4 is 10.6 Å². The van der Waals surface area contributed by atoms with E-state index in [0.717, 1.165) is 25.1 Å². The molecule has 1 aromatic carbocycles. The van der Waals surface area contributed by atoms with Gasteiger partial charge in [0.1, 0.15) is 5.82 Å². The third-order valence-electron chi connectivity index (χ3n) is 3.19. The van der Waals surface area contributed by atoms with Gasteiger partial charge in [0, 0.05) is 18.8 Å². The summed E-state index contributed by atoms with van der Waals surface area (Å²) in [4.78, 5) is 2.03. The van der Waals surface area contributed by atoms with E-state index >= 15 is 0 Å². The standard InChI is InChI=1S/C12H16ClFN2O/c13-10-6-9(2-3-11(10)14)16-5-1-4-12(15,7-16)8-17/h2-3,6,17H,1,4-5,7-8,15H2. The summed E-state index contributed by atoms with van der Waals surface area (Å²) < 4.78 is 13.1. The zero-order chi connectivity index (χ0) is 12.5. The minimum atomic E-state index is -0.570. The van der Waals surface area contributed by atoms with Gasteiger partial charge in [0.25, 0.3) is 0 Å². The predicted molar refractivity (Wildman–Crippen MR) is 66.9 cm³/mol. The lowest BCUT2D eigenvalue weighted by molar-refractivity contribution is 0.177. The van der Waals surface area contributed by atoms with Crippen molar-refractivity contribution in [3.8, 4) is 0 Å². The van der Waals surface area contributed by atoms with Crippen LogP contribution in [0.3, 0.4) is 0 Å². The Balaban J connectivity index is 2.19. The zero-order valence-electron chi connectivity index (χ0n) is 9.50. The van der Waals surface area contributed by atoms with Gasteiger partial charge >= 0.3 is 0 Å². The minimum absolute atomic E-state index is 0.0432. The van der Waals surface area contributed by atoms with Crippen LogP contribution in [0.2, 0.25) is 5.02 Å². The lowest BCUT2D eigenvalue weighted by Crippen LogP contribution is -2.56. The lowest BCUT2D eigenvalue weighted by Gasteiger charge is -2.40. The van der Waals surface area contributed by atoms with Gasteiger partial charge in [0.15, 0.2) is 0 Å². The molecule has 0 radical (unpaired) electrons. The highest BCUT2D eigenvalue weighted by molar-refractivity contribution is 6.31. The summed E-state index contributed by atoms with van der Waals surface area (Å²) in [5.41, 5.74) is 6.33. The second kappa shape index (κ2) is 4.80. The van der Waals surface area contributed by atoms with E-state index in [1.165, 1.54) is 6.07 Å². The molecule has 1 atom stereocenters. The van der Waals surface area contributed by atoms with Crippen LogP contribution in [-0.4, -0.2) is 30.3 Å². The lowest BCUT2D eigenvalue weighted by atomic mass is 9.91. The first-order chi connectivity index (χ1) is 8.04. The largest absolute Gasteiger partial charge is 0.394 e. The fraction of sp³-hybridized carbons (Fsp3) is 0.500. The molecule has 1 aromatic rings. The molecule has 3 nitrogen and oxygen atoms in total. The zero-order valence-corrected chi connectivity index (χ0v) is 10.3. The SMILES string of the molecule is NC1(CO)CCCN(c2ccc(F)c(Cl)c2)C1. The second-order valence-corrected chi connectivity index (χ2v) is 5.05. The van der Waals surface area contributed by atoms with Gasteiger partial charge in [0.2, 0.25) is 0 Å². The molecule has 1 aliphatic rings. The fourth-order valence-electron chi connectivity index (χ4n) is 2.19.